The summed E-state index contributed by atoms with van der Waals surface area (Å²) >= 11 is 0. The van der Waals surface area contributed by atoms with E-state index in [4.69, 9.17) is 9.26 Å². The first-order valence-corrected chi connectivity index (χ1v) is 13.2. The van der Waals surface area contributed by atoms with Gasteiger partial charge in [0.2, 0.25) is 5.91 Å². The van der Waals surface area contributed by atoms with Crippen molar-refractivity contribution in [2.24, 2.45) is 11.3 Å². The van der Waals surface area contributed by atoms with Gasteiger partial charge in [-0.05, 0) is 56.3 Å². The summed E-state index contributed by atoms with van der Waals surface area (Å²) in [4.78, 5) is 25.1. The average Bonchev–Trinajstić information content (AvgIpc) is 3.34. The van der Waals surface area contributed by atoms with Gasteiger partial charge in [0.05, 0.1) is 12.2 Å². The summed E-state index contributed by atoms with van der Waals surface area (Å²) in [5.41, 5.74) is 3.90. The molecule has 5 rings (SSSR count). The van der Waals surface area contributed by atoms with Crippen LogP contribution in [-0.2, 0) is 16.0 Å². The lowest BCUT2D eigenvalue weighted by Gasteiger charge is -2.39. The van der Waals surface area contributed by atoms with Crippen molar-refractivity contribution in [1.29, 1.82) is 0 Å². The Morgan fingerprint density at radius 2 is 1.83 bits per heavy atom. The third-order valence-electron chi connectivity index (χ3n) is 7.43. The number of hydrogen-bond acceptors (Lipinski definition) is 5. The van der Waals surface area contributed by atoms with E-state index in [-0.39, 0.29) is 12.3 Å². The van der Waals surface area contributed by atoms with Gasteiger partial charge in [0.15, 0.2) is 0 Å². The number of ether oxygens (including phenoxy) is 1. The number of carbonyl (C=O) groups is 2. The van der Waals surface area contributed by atoms with Gasteiger partial charge in [0.1, 0.15) is 12.4 Å². The molecule has 35 heavy (non-hydrogen) atoms. The first kappa shape index (κ1) is 25.5. The zero-order valence-corrected chi connectivity index (χ0v) is 21.7. The van der Waals surface area contributed by atoms with Crippen LogP contribution in [0, 0.1) is 18.3 Å². The number of cyclic esters (lactones) is 1. The SMILES string of the molecule is CC(C)(C)CC1CC(c2onc(CCC(=O)N3CCOC3=O)c2C2CCC2)C1.Cc1ccccc1. The van der Waals surface area contributed by atoms with Crippen molar-refractivity contribution in [3.8, 4) is 0 Å². The van der Waals surface area contributed by atoms with E-state index in [2.05, 4.69) is 45.0 Å². The first-order valence-electron chi connectivity index (χ1n) is 13.2. The van der Waals surface area contributed by atoms with Crippen LogP contribution < -0.4 is 0 Å². The van der Waals surface area contributed by atoms with Gasteiger partial charge in [-0.15, -0.1) is 0 Å². The molecule has 0 atom stereocenters. The lowest BCUT2D eigenvalue weighted by molar-refractivity contribution is -0.127. The molecule has 0 spiro atoms. The van der Waals surface area contributed by atoms with Gasteiger partial charge >= 0.3 is 6.09 Å². The van der Waals surface area contributed by atoms with Crippen molar-refractivity contribution >= 4 is 12.0 Å². The minimum absolute atomic E-state index is 0.180. The van der Waals surface area contributed by atoms with Crippen LogP contribution in [0.1, 0.15) is 100 Å². The molecular weight excluding hydrogens is 440 g/mol. The summed E-state index contributed by atoms with van der Waals surface area (Å²) in [6.45, 7) is 9.65. The summed E-state index contributed by atoms with van der Waals surface area (Å²) in [5.74, 6) is 2.69. The molecule has 3 aliphatic rings. The third-order valence-corrected chi connectivity index (χ3v) is 7.43. The Kier molecular flexibility index (Phi) is 7.98. The molecule has 1 saturated heterocycles. The maximum atomic E-state index is 12.3. The second kappa shape index (κ2) is 11.0. The highest BCUT2D eigenvalue weighted by Crippen LogP contribution is 2.51. The van der Waals surface area contributed by atoms with E-state index in [0.29, 0.717) is 36.8 Å². The van der Waals surface area contributed by atoms with Crippen molar-refractivity contribution in [2.45, 2.75) is 90.9 Å². The molecular formula is C29H40N2O4. The highest BCUT2D eigenvalue weighted by atomic mass is 16.6. The highest BCUT2D eigenvalue weighted by molar-refractivity contribution is 5.93. The lowest BCUT2D eigenvalue weighted by atomic mass is 9.65. The summed E-state index contributed by atoms with van der Waals surface area (Å²) in [7, 11) is 0. The molecule has 0 radical (unpaired) electrons. The van der Waals surface area contributed by atoms with Gasteiger partial charge in [-0.2, -0.15) is 0 Å². The minimum atomic E-state index is -0.524. The molecule has 0 unspecified atom stereocenters. The monoisotopic (exact) mass is 480 g/mol. The number of nitrogens with zero attached hydrogens (tertiary/aromatic N) is 2. The predicted molar refractivity (Wildman–Crippen MR) is 135 cm³/mol. The van der Waals surface area contributed by atoms with Crippen molar-refractivity contribution in [3.05, 3.63) is 52.9 Å². The zero-order valence-electron chi connectivity index (χ0n) is 21.7. The standard InChI is InChI=1S/C22H32N2O4.C7H8/c1-22(2,3)13-14-11-16(12-14)20-19(15-5-4-6-15)17(23-28-20)7-8-18(25)24-9-10-27-21(24)26;1-7-5-3-2-4-6-7/h14-16H,4-13H2,1-3H3;2-6H,1H3. The summed E-state index contributed by atoms with van der Waals surface area (Å²) in [6.07, 6.45) is 7.54. The molecule has 190 valence electrons. The molecule has 2 aliphatic carbocycles. The lowest BCUT2D eigenvalue weighted by Crippen LogP contribution is -2.31. The maximum Gasteiger partial charge on any atom is 0.416 e. The molecule has 2 amide bonds. The van der Waals surface area contributed by atoms with Gasteiger partial charge in [0, 0.05) is 24.3 Å². The van der Waals surface area contributed by atoms with E-state index < -0.39 is 6.09 Å². The van der Waals surface area contributed by atoms with Crippen LogP contribution in [0.4, 0.5) is 4.79 Å². The molecule has 3 fully saturated rings. The molecule has 2 heterocycles. The fraction of sp³-hybridized carbons (Fsp3) is 0.621. The van der Waals surface area contributed by atoms with E-state index in [1.165, 1.54) is 54.6 Å². The molecule has 1 aromatic carbocycles. The Bertz CT molecular complexity index is 997. The fourth-order valence-electron chi connectivity index (χ4n) is 5.45. The van der Waals surface area contributed by atoms with Crippen LogP contribution >= 0.6 is 0 Å². The van der Waals surface area contributed by atoms with Crippen LogP contribution in [0.3, 0.4) is 0 Å². The van der Waals surface area contributed by atoms with E-state index in [9.17, 15) is 9.59 Å². The van der Waals surface area contributed by atoms with Gasteiger partial charge < -0.3 is 9.26 Å². The number of amides is 2. The highest BCUT2D eigenvalue weighted by Gasteiger charge is 2.40. The maximum absolute atomic E-state index is 12.3. The Hall–Kier alpha value is -2.63. The molecule has 2 aromatic rings. The average molecular weight is 481 g/mol. The van der Waals surface area contributed by atoms with Gasteiger partial charge in [0.25, 0.3) is 0 Å². The van der Waals surface area contributed by atoms with E-state index in [1.54, 1.807) is 0 Å². The molecule has 6 heteroatoms. The van der Waals surface area contributed by atoms with Crippen LogP contribution in [0.15, 0.2) is 34.9 Å². The van der Waals surface area contributed by atoms with Crippen molar-refractivity contribution < 1.29 is 18.8 Å². The van der Waals surface area contributed by atoms with Crippen molar-refractivity contribution in [3.63, 3.8) is 0 Å². The quantitative estimate of drug-likeness (QED) is 0.456. The number of aryl methyl sites for hydroxylation is 2. The van der Waals surface area contributed by atoms with Gasteiger partial charge in [-0.25, -0.2) is 9.69 Å². The second-order valence-electron chi connectivity index (χ2n) is 11.6. The smallest absolute Gasteiger partial charge is 0.416 e. The van der Waals surface area contributed by atoms with Crippen LogP contribution in [0.25, 0.3) is 0 Å². The summed E-state index contributed by atoms with van der Waals surface area (Å²) < 4.78 is 10.7. The topological polar surface area (TPSA) is 72.6 Å². The second-order valence-corrected chi connectivity index (χ2v) is 11.6. The van der Waals surface area contributed by atoms with Gasteiger partial charge in [-0.1, -0.05) is 68.2 Å². The van der Waals surface area contributed by atoms with E-state index in [0.717, 1.165) is 17.4 Å². The number of carbonyl (C=O) groups excluding carboxylic acids is 2. The number of hydrogen-bond donors (Lipinski definition) is 0. The first-order chi connectivity index (χ1) is 16.7. The summed E-state index contributed by atoms with van der Waals surface area (Å²) in [5, 5.41) is 4.38. The predicted octanol–water partition coefficient (Wildman–Crippen LogP) is 6.78. The summed E-state index contributed by atoms with van der Waals surface area (Å²) in [6, 6.07) is 10.3. The van der Waals surface area contributed by atoms with Gasteiger partial charge in [-0.3, -0.25) is 4.79 Å². The molecule has 6 nitrogen and oxygen atoms in total. The number of rotatable bonds is 6. The Morgan fingerprint density at radius 3 is 2.34 bits per heavy atom. The number of benzene rings is 1. The minimum Gasteiger partial charge on any atom is -0.447 e. The Morgan fingerprint density at radius 1 is 1.11 bits per heavy atom. The third kappa shape index (κ3) is 6.53. The fourth-order valence-corrected chi connectivity index (χ4v) is 5.45. The number of imide groups is 1. The van der Waals surface area contributed by atoms with E-state index in [1.807, 2.05) is 18.2 Å². The van der Waals surface area contributed by atoms with Crippen molar-refractivity contribution in [1.82, 2.24) is 10.1 Å². The van der Waals surface area contributed by atoms with Crippen LogP contribution in [0.2, 0.25) is 0 Å². The Balaban J connectivity index is 0.000000356. The molecule has 2 saturated carbocycles. The van der Waals surface area contributed by atoms with Crippen LogP contribution in [0.5, 0.6) is 0 Å². The van der Waals surface area contributed by atoms with Crippen molar-refractivity contribution in [2.75, 3.05) is 13.2 Å². The Labute approximate surface area is 209 Å². The normalized spacial score (nSPS) is 22.1. The van der Waals surface area contributed by atoms with Crippen LogP contribution in [-0.4, -0.2) is 35.2 Å². The number of aromatic nitrogens is 1. The molecule has 1 aliphatic heterocycles. The zero-order chi connectivity index (χ0) is 25.0. The largest absolute Gasteiger partial charge is 0.447 e. The van der Waals surface area contributed by atoms with E-state index >= 15 is 0 Å². The molecule has 1 aromatic heterocycles. The molecule has 0 bridgehead atoms. The molecule has 0 N–H and O–H groups in total.